The lowest BCUT2D eigenvalue weighted by atomic mass is 10.1. The maximum atomic E-state index is 13.1. The lowest BCUT2D eigenvalue weighted by molar-refractivity contribution is 0.0751. The number of likely N-dealkylation sites (tertiary alicyclic amines) is 1. The Morgan fingerprint density at radius 2 is 1.76 bits per heavy atom. The SMILES string of the molecule is Cc1ccc(Cn2c(C(=O)N3CCCCCC3)cc3occc32)cc1. The highest BCUT2D eigenvalue weighted by molar-refractivity contribution is 5.97. The minimum Gasteiger partial charge on any atom is -0.463 e. The van der Waals surface area contributed by atoms with Gasteiger partial charge in [0.25, 0.3) is 5.91 Å². The monoisotopic (exact) mass is 336 g/mol. The normalized spacial score (nSPS) is 15.5. The molecule has 25 heavy (non-hydrogen) atoms. The molecule has 1 saturated heterocycles. The molecule has 4 rings (SSSR count). The number of carbonyl (C=O) groups excluding carboxylic acids is 1. The van der Waals surface area contributed by atoms with E-state index < -0.39 is 0 Å². The second-order valence-corrected chi connectivity index (χ2v) is 6.98. The first-order chi connectivity index (χ1) is 12.2. The third-order valence-corrected chi connectivity index (χ3v) is 5.10. The number of aryl methyl sites for hydroxylation is 1. The van der Waals surface area contributed by atoms with Crippen LogP contribution in [0.5, 0.6) is 0 Å². The van der Waals surface area contributed by atoms with Crippen molar-refractivity contribution in [1.82, 2.24) is 9.47 Å². The fraction of sp³-hybridized carbons (Fsp3) is 0.381. The zero-order valence-electron chi connectivity index (χ0n) is 14.7. The summed E-state index contributed by atoms with van der Waals surface area (Å²) in [5.41, 5.74) is 4.93. The Kier molecular flexibility index (Phi) is 4.35. The van der Waals surface area contributed by atoms with E-state index in [4.69, 9.17) is 4.42 Å². The van der Waals surface area contributed by atoms with Gasteiger partial charge in [-0.2, -0.15) is 0 Å². The third kappa shape index (κ3) is 3.21. The van der Waals surface area contributed by atoms with Gasteiger partial charge in [-0.25, -0.2) is 0 Å². The highest BCUT2D eigenvalue weighted by Gasteiger charge is 2.23. The van der Waals surface area contributed by atoms with Crippen LogP contribution in [0.2, 0.25) is 0 Å². The molecule has 4 heteroatoms. The van der Waals surface area contributed by atoms with Crippen LogP contribution >= 0.6 is 0 Å². The van der Waals surface area contributed by atoms with E-state index in [2.05, 4.69) is 35.8 Å². The zero-order valence-corrected chi connectivity index (χ0v) is 14.7. The molecule has 0 N–H and O–H groups in total. The highest BCUT2D eigenvalue weighted by atomic mass is 16.3. The molecule has 1 fully saturated rings. The Bertz CT molecular complexity index is 865. The first-order valence-electron chi connectivity index (χ1n) is 9.14. The van der Waals surface area contributed by atoms with Crippen molar-refractivity contribution in [2.24, 2.45) is 0 Å². The molecule has 1 aliphatic heterocycles. The number of fused-ring (bicyclic) bond motifs is 1. The predicted octanol–water partition coefficient (Wildman–Crippen LogP) is 4.61. The van der Waals surface area contributed by atoms with Crippen LogP contribution in [0.4, 0.5) is 0 Å². The van der Waals surface area contributed by atoms with Gasteiger partial charge in [0.1, 0.15) is 5.69 Å². The summed E-state index contributed by atoms with van der Waals surface area (Å²) in [7, 11) is 0. The van der Waals surface area contributed by atoms with Crippen LogP contribution in [-0.2, 0) is 6.54 Å². The van der Waals surface area contributed by atoms with Crippen LogP contribution in [0.3, 0.4) is 0 Å². The average molecular weight is 336 g/mol. The average Bonchev–Trinajstić information content (AvgIpc) is 3.08. The molecule has 0 unspecified atom stereocenters. The van der Waals surface area contributed by atoms with E-state index in [0.29, 0.717) is 6.54 Å². The first kappa shape index (κ1) is 16.0. The van der Waals surface area contributed by atoms with Gasteiger partial charge in [-0.15, -0.1) is 0 Å². The Labute approximate surface area is 148 Å². The summed E-state index contributed by atoms with van der Waals surface area (Å²) >= 11 is 0. The molecule has 1 amide bonds. The van der Waals surface area contributed by atoms with Gasteiger partial charge in [0.2, 0.25) is 0 Å². The van der Waals surface area contributed by atoms with Gasteiger partial charge in [-0.1, -0.05) is 42.7 Å². The summed E-state index contributed by atoms with van der Waals surface area (Å²) in [4.78, 5) is 15.2. The number of amides is 1. The van der Waals surface area contributed by atoms with Gasteiger partial charge < -0.3 is 13.9 Å². The number of furan rings is 1. The van der Waals surface area contributed by atoms with Gasteiger partial charge >= 0.3 is 0 Å². The minimum atomic E-state index is 0.125. The van der Waals surface area contributed by atoms with Crippen molar-refractivity contribution in [3.05, 3.63) is 59.5 Å². The van der Waals surface area contributed by atoms with Gasteiger partial charge in [-0.3, -0.25) is 4.79 Å². The maximum absolute atomic E-state index is 13.1. The second-order valence-electron chi connectivity index (χ2n) is 6.98. The summed E-state index contributed by atoms with van der Waals surface area (Å²) in [6.07, 6.45) is 6.32. The van der Waals surface area contributed by atoms with Crippen molar-refractivity contribution in [2.75, 3.05) is 13.1 Å². The molecule has 0 bridgehead atoms. The van der Waals surface area contributed by atoms with Crippen LogP contribution in [0.1, 0.15) is 47.3 Å². The Hall–Kier alpha value is -2.49. The number of hydrogen-bond acceptors (Lipinski definition) is 2. The largest absolute Gasteiger partial charge is 0.463 e. The molecule has 0 spiro atoms. The second kappa shape index (κ2) is 6.79. The lowest BCUT2D eigenvalue weighted by Crippen LogP contribution is -2.33. The molecular weight excluding hydrogens is 312 g/mol. The van der Waals surface area contributed by atoms with Gasteiger partial charge in [0.15, 0.2) is 5.58 Å². The Balaban J connectivity index is 1.69. The molecule has 0 saturated carbocycles. The zero-order chi connectivity index (χ0) is 17.2. The summed E-state index contributed by atoms with van der Waals surface area (Å²) in [5.74, 6) is 0.125. The molecule has 1 aliphatic rings. The summed E-state index contributed by atoms with van der Waals surface area (Å²) in [6, 6.07) is 12.3. The van der Waals surface area contributed by atoms with E-state index in [1.54, 1.807) is 6.26 Å². The summed E-state index contributed by atoms with van der Waals surface area (Å²) in [5, 5.41) is 0. The van der Waals surface area contributed by atoms with E-state index in [1.165, 1.54) is 24.0 Å². The van der Waals surface area contributed by atoms with Gasteiger partial charge in [0, 0.05) is 31.8 Å². The number of aromatic nitrogens is 1. The molecule has 0 atom stereocenters. The third-order valence-electron chi connectivity index (χ3n) is 5.10. The van der Waals surface area contributed by atoms with Crippen LogP contribution in [0.15, 0.2) is 47.1 Å². The number of benzene rings is 1. The minimum absolute atomic E-state index is 0.125. The maximum Gasteiger partial charge on any atom is 0.270 e. The Morgan fingerprint density at radius 1 is 1.04 bits per heavy atom. The van der Waals surface area contributed by atoms with E-state index >= 15 is 0 Å². The van der Waals surface area contributed by atoms with Gasteiger partial charge in [-0.05, 0) is 25.3 Å². The van der Waals surface area contributed by atoms with Crippen LogP contribution in [-0.4, -0.2) is 28.5 Å². The fourth-order valence-corrected chi connectivity index (χ4v) is 3.64. The molecule has 3 heterocycles. The molecule has 1 aromatic carbocycles. The van der Waals surface area contributed by atoms with Crippen molar-refractivity contribution in [3.63, 3.8) is 0 Å². The Morgan fingerprint density at radius 3 is 2.48 bits per heavy atom. The van der Waals surface area contributed by atoms with Crippen molar-refractivity contribution >= 4 is 17.0 Å². The molecular formula is C21H24N2O2. The van der Waals surface area contributed by atoms with E-state index in [9.17, 15) is 4.79 Å². The quantitative estimate of drug-likeness (QED) is 0.701. The van der Waals surface area contributed by atoms with E-state index in [-0.39, 0.29) is 5.91 Å². The van der Waals surface area contributed by atoms with Crippen molar-refractivity contribution in [1.29, 1.82) is 0 Å². The van der Waals surface area contributed by atoms with Crippen molar-refractivity contribution in [2.45, 2.75) is 39.2 Å². The standard InChI is InChI=1S/C21H24N2O2/c1-16-6-8-17(9-7-16)15-23-18-10-13-25-20(18)14-19(23)21(24)22-11-4-2-3-5-12-22/h6-10,13-14H,2-5,11-12,15H2,1H3. The molecule has 3 aromatic rings. The molecule has 0 radical (unpaired) electrons. The smallest absolute Gasteiger partial charge is 0.270 e. The van der Waals surface area contributed by atoms with Crippen molar-refractivity contribution < 1.29 is 9.21 Å². The van der Waals surface area contributed by atoms with E-state index in [1.807, 2.05) is 17.0 Å². The topological polar surface area (TPSA) is 38.4 Å². The number of carbonyl (C=O) groups is 1. The van der Waals surface area contributed by atoms with Crippen LogP contribution in [0, 0.1) is 6.92 Å². The number of hydrogen-bond donors (Lipinski definition) is 0. The van der Waals surface area contributed by atoms with E-state index in [0.717, 1.165) is 42.7 Å². The first-order valence-corrected chi connectivity index (χ1v) is 9.14. The van der Waals surface area contributed by atoms with Crippen molar-refractivity contribution in [3.8, 4) is 0 Å². The highest BCUT2D eigenvalue weighted by Crippen LogP contribution is 2.24. The summed E-state index contributed by atoms with van der Waals surface area (Å²) < 4.78 is 7.66. The lowest BCUT2D eigenvalue weighted by Gasteiger charge is -2.21. The van der Waals surface area contributed by atoms with Crippen LogP contribution < -0.4 is 0 Å². The predicted molar refractivity (Wildman–Crippen MR) is 98.9 cm³/mol. The number of nitrogens with zero attached hydrogens (tertiary/aromatic N) is 2. The summed E-state index contributed by atoms with van der Waals surface area (Å²) in [6.45, 7) is 4.48. The molecule has 2 aromatic heterocycles. The fourth-order valence-electron chi connectivity index (χ4n) is 3.64. The van der Waals surface area contributed by atoms with Crippen LogP contribution in [0.25, 0.3) is 11.1 Å². The molecule has 4 nitrogen and oxygen atoms in total. The number of rotatable bonds is 3. The van der Waals surface area contributed by atoms with Gasteiger partial charge in [0.05, 0.1) is 11.8 Å². The molecule has 130 valence electrons. The molecule has 0 aliphatic carbocycles.